The lowest BCUT2D eigenvalue weighted by molar-refractivity contribution is -0.137. The maximum atomic E-state index is 12.2. The molecule has 0 unspecified atom stereocenters. The molecule has 0 spiro atoms. The zero-order chi connectivity index (χ0) is 17.5. The van der Waals surface area contributed by atoms with Crippen molar-refractivity contribution in [3.63, 3.8) is 0 Å². The third-order valence-electron chi connectivity index (χ3n) is 4.24. The summed E-state index contributed by atoms with van der Waals surface area (Å²) >= 11 is 0. The second kappa shape index (κ2) is 5.76. The molecule has 0 saturated heterocycles. The molecule has 0 aliphatic carbocycles. The highest BCUT2D eigenvalue weighted by molar-refractivity contribution is 6.17. The van der Waals surface area contributed by atoms with Gasteiger partial charge in [0, 0.05) is 29.3 Å². The van der Waals surface area contributed by atoms with Crippen LogP contribution in [0.1, 0.15) is 25.8 Å². The molecule has 2 heterocycles. The lowest BCUT2D eigenvalue weighted by Crippen LogP contribution is -2.34. The summed E-state index contributed by atoms with van der Waals surface area (Å²) in [4.78, 5) is 36.7. The Bertz CT molecular complexity index is 767. The van der Waals surface area contributed by atoms with E-state index in [0.717, 1.165) is 16.2 Å². The summed E-state index contributed by atoms with van der Waals surface area (Å²) in [7, 11) is 0. The van der Waals surface area contributed by atoms with Gasteiger partial charge in [-0.1, -0.05) is 13.8 Å². The highest BCUT2D eigenvalue weighted by atomic mass is 16.3. The number of aliphatic hydroxyl groups excluding tert-OH is 1. The van der Waals surface area contributed by atoms with Crippen LogP contribution in [0.15, 0.2) is 30.0 Å². The van der Waals surface area contributed by atoms with Gasteiger partial charge in [-0.25, -0.2) is 0 Å². The van der Waals surface area contributed by atoms with Crippen LogP contribution in [-0.2, 0) is 19.8 Å². The van der Waals surface area contributed by atoms with E-state index in [4.69, 9.17) is 5.11 Å². The number of anilines is 2. The van der Waals surface area contributed by atoms with Crippen molar-refractivity contribution < 1.29 is 19.5 Å². The van der Waals surface area contributed by atoms with Crippen molar-refractivity contribution >= 4 is 29.1 Å². The topological polar surface area (TPSA) is 98.7 Å². The average Bonchev–Trinajstić information content (AvgIpc) is 2.75. The maximum Gasteiger partial charge on any atom is 0.277 e. The molecule has 0 saturated carbocycles. The Morgan fingerprint density at radius 3 is 2.75 bits per heavy atom. The lowest BCUT2D eigenvalue weighted by atomic mass is 9.78. The first-order valence-electron chi connectivity index (χ1n) is 7.71. The molecular formula is C17H19N3O4. The first-order chi connectivity index (χ1) is 11.3. The number of rotatable bonds is 4. The Labute approximate surface area is 139 Å². The van der Waals surface area contributed by atoms with Gasteiger partial charge in [-0.3, -0.25) is 19.3 Å². The monoisotopic (exact) mass is 329 g/mol. The van der Waals surface area contributed by atoms with Crippen molar-refractivity contribution in [1.29, 1.82) is 0 Å². The number of amides is 3. The van der Waals surface area contributed by atoms with Gasteiger partial charge < -0.3 is 15.7 Å². The molecule has 3 N–H and O–H groups in total. The molecule has 7 nitrogen and oxygen atoms in total. The summed E-state index contributed by atoms with van der Waals surface area (Å²) in [6.07, 6.45) is 1.61. The fourth-order valence-electron chi connectivity index (χ4n) is 3.05. The van der Waals surface area contributed by atoms with Gasteiger partial charge in [0.15, 0.2) is 0 Å². The van der Waals surface area contributed by atoms with Crippen molar-refractivity contribution in [2.45, 2.75) is 25.7 Å². The van der Waals surface area contributed by atoms with E-state index < -0.39 is 11.8 Å². The predicted molar refractivity (Wildman–Crippen MR) is 88.2 cm³/mol. The average molecular weight is 329 g/mol. The highest BCUT2D eigenvalue weighted by Crippen LogP contribution is 2.38. The number of benzene rings is 1. The highest BCUT2D eigenvalue weighted by Gasteiger charge is 2.33. The minimum absolute atomic E-state index is 0.0212. The number of β-amino-alcohol motifs (C(OH)–C–C–N with tert-alkyl or cyclic N) is 1. The van der Waals surface area contributed by atoms with E-state index >= 15 is 0 Å². The molecule has 0 bridgehead atoms. The Morgan fingerprint density at radius 1 is 1.29 bits per heavy atom. The molecule has 2 aliphatic rings. The third kappa shape index (κ3) is 2.78. The fraction of sp³-hybridized carbons (Fsp3) is 0.353. The van der Waals surface area contributed by atoms with Crippen LogP contribution >= 0.6 is 0 Å². The number of carbonyl (C=O) groups excluding carboxylic acids is 3. The SMILES string of the molecule is CC1(C)CC(=O)Nc2ccc(NC3=CC(=O)N(CCO)C3=O)cc21. The molecule has 1 aromatic rings. The van der Waals surface area contributed by atoms with E-state index in [9.17, 15) is 14.4 Å². The molecule has 24 heavy (non-hydrogen) atoms. The number of nitrogens with zero attached hydrogens (tertiary/aromatic N) is 1. The van der Waals surface area contributed by atoms with Crippen LogP contribution in [0, 0.1) is 0 Å². The van der Waals surface area contributed by atoms with E-state index in [0.29, 0.717) is 12.1 Å². The first-order valence-corrected chi connectivity index (χ1v) is 7.71. The Morgan fingerprint density at radius 2 is 2.04 bits per heavy atom. The van der Waals surface area contributed by atoms with Crippen LogP contribution in [0.4, 0.5) is 11.4 Å². The number of carbonyl (C=O) groups is 3. The summed E-state index contributed by atoms with van der Waals surface area (Å²) in [6.45, 7) is 3.68. The van der Waals surface area contributed by atoms with Gasteiger partial charge in [0.1, 0.15) is 5.70 Å². The van der Waals surface area contributed by atoms with Gasteiger partial charge in [-0.2, -0.15) is 0 Å². The van der Waals surface area contributed by atoms with Crippen molar-refractivity contribution in [2.75, 3.05) is 23.8 Å². The van der Waals surface area contributed by atoms with Crippen LogP contribution < -0.4 is 10.6 Å². The molecule has 126 valence electrons. The molecule has 1 aromatic carbocycles. The summed E-state index contributed by atoms with van der Waals surface area (Å²) in [5, 5.41) is 14.7. The Hall–Kier alpha value is -2.67. The molecule has 0 aromatic heterocycles. The van der Waals surface area contributed by atoms with Gasteiger partial charge in [0.05, 0.1) is 13.2 Å². The van der Waals surface area contributed by atoms with Gasteiger partial charge in [-0.05, 0) is 23.8 Å². The van der Waals surface area contributed by atoms with E-state index in [1.54, 1.807) is 12.1 Å². The molecule has 3 amide bonds. The summed E-state index contributed by atoms with van der Waals surface area (Å²) in [6, 6.07) is 5.40. The standard InChI is InChI=1S/C17H19N3O4/c1-17(2)9-14(22)19-12-4-3-10(7-11(12)17)18-13-8-15(23)20(5-6-21)16(13)24/h3-4,7-8,18,21H,5-6,9H2,1-2H3,(H,19,22). The number of nitrogens with one attached hydrogen (secondary N) is 2. The zero-order valence-corrected chi connectivity index (χ0v) is 13.5. The lowest BCUT2D eigenvalue weighted by Gasteiger charge is -2.32. The van der Waals surface area contributed by atoms with Crippen LogP contribution in [0.5, 0.6) is 0 Å². The number of fused-ring (bicyclic) bond motifs is 1. The minimum Gasteiger partial charge on any atom is -0.395 e. The van der Waals surface area contributed by atoms with Crippen LogP contribution in [0.25, 0.3) is 0 Å². The molecular weight excluding hydrogens is 310 g/mol. The van der Waals surface area contributed by atoms with Gasteiger partial charge in [-0.15, -0.1) is 0 Å². The molecule has 3 rings (SSSR count). The minimum atomic E-state index is -0.459. The van der Waals surface area contributed by atoms with E-state index in [2.05, 4.69) is 10.6 Å². The summed E-state index contributed by atoms with van der Waals surface area (Å²) in [5.41, 5.74) is 2.24. The summed E-state index contributed by atoms with van der Waals surface area (Å²) < 4.78 is 0. The van der Waals surface area contributed by atoms with Crippen LogP contribution in [-0.4, -0.2) is 40.9 Å². The van der Waals surface area contributed by atoms with Gasteiger partial charge >= 0.3 is 0 Å². The van der Waals surface area contributed by atoms with Crippen molar-refractivity contribution in [3.8, 4) is 0 Å². The number of aliphatic hydroxyl groups is 1. The van der Waals surface area contributed by atoms with Crippen molar-refractivity contribution in [3.05, 3.63) is 35.5 Å². The third-order valence-corrected chi connectivity index (χ3v) is 4.24. The molecule has 0 atom stereocenters. The second-order valence-electron chi connectivity index (χ2n) is 6.57. The molecule has 2 aliphatic heterocycles. The largest absolute Gasteiger partial charge is 0.395 e. The van der Waals surface area contributed by atoms with Gasteiger partial charge in [0.2, 0.25) is 5.91 Å². The van der Waals surface area contributed by atoms with Gasteiger partial charge in [0.25, 0.3) is 11.8 Å². The number of hydrogen-bond acceptors (Lipinski definition) is 5. The molecule has 0 radical (unpaired) electrons. The normalized spacial score (nSPS) is 19.0. The fourth-order valence-corrected chi connectivity index (χ4v) is 3.05. The molecule has 7 heteroatoms. The van der Waals surface area contributed by atoms with E-state index in [-0.39, 0.29) is 30.2 Å². The maximum absolute atomic E-state index is 12.2. The van der Waals surface area contributed by atoms with Crippen LogP contribution in [0.2, 0.25) is 0 Å². The van der Waals surface area contributed by atoms with Crippen LogP contribution in [0.3, 0.4) is 0 Å². The smallest absolute Gasteiger partial charge is 0.277 e. The predicted octanol–water partition coefficient (Wildman–Crippen LogP) is 0.963. The second-order valence-corrected chi connectivity index (χ2v) is 6.57. The first kappa shape index (κ1) is 16.2. The van der Waals surface area contributed by atoms with E-state index in [1.165, 1.54) is 6.08 Å². The summed E-state index contributed by atoms with van der Waals surface area (Å²) in [5.74, 6) is -0.923. The number of hydrogen-bond donors (Lipinski definition) is 3. The van der Waals surface area contributed by atoms with E-state index in [1.807, 2.05) is 19.9 Å². The zero-order valence-electron chi connectivity index (χ0n) is 13.5. The molecule has 0 fully saturated rings. The quantitative estimate of drug-likeness (QED) is 0.715. The van der Waals surface area contributed by atoms with Crippen molar-refractivity contribution in [2.24, 2.45) is 0 Å². The Balaban J connectivity index is 1.85. The number of imide groups is 1. The Kier molecular flexibility index (Phi) is 3.88. The van der Waals surface area contributed by atoms with Crippen molar-refractivity contribution in [1.82, 2.24) is 4.90 Å².